The number of benzene rings is 3. The average Bonchev–Trinajstić information content (AvgIpc) is 2.85. The number of carbonyl (C=O) groups excluding carboxylic acids is 1. The molecule has 0 atom stereocenters. The highest BCUT2D eigenvalue weighted by Crippen LogP contribution is 2.33. The fourth-order valence-electron chi connectivity index (χ4n) is 3.41. The Labute approximate surface area is 210 Å². The van der Waals surface area contributed by atoms with Crippen LogP contribution in [0.4, 0.5) is 0 Å². The first-order valence-electron chi connectivity index (χ1n) is 10.9. The molecule has 1 amide bonds. The van der Waals surface area contributed by atoms with Gasteiger partial charge in [-0.3, -0.25) is 9.69 Å². The summed E-state index contributed by atoms with van der Waals surface area (Å²) in [6.45, 7) is 1.58. The molecule has 0 saturated heterocycles. The van der Waals surface area contributed by atoms with E-state index in [-0.39, 0.29) is 16.3 Å². The Bertz CT molecular complexity index is 1210. The lowest BCUT2D eigenvalue weighted by atomic mass is 10.1. The van der Waals surface area contributed by atoms with Crippen LogP contribution in [0.1, 0.15) is 27.0 Å². The third-order valence-corrected chi connectivity index (χ3v) is 5.43. The van der Waals surface area contributed by atoms with Gasteiger partial charge in [-0.15, -0.1) is 0 Å². The second kappa shape index (κ2) is 12.6. The first kappa shape index (κ1) is 25.8. The highest BCUT2D eigenvalue weighted by molar-refractivity contribution is 6.32. The SMILES string of the molecule is COc1cc(C=NNC(=O)c2ccc(O)c(Cl)c2)cc(C=CCN(C)Cc2ccccc2)c1OC. The number of amides is 1. The summed E-state index contributed by atoms with van der Waals surface area (Å²) >= 11 is 5.87. The van der Waals surface area contributed by atoms with Crippen molar-refractivity contribution in [1.82, 2.24) is 10.3 Å². The number of ether oxygens (including phenoxy) is 2. The largest absolute Gasteiger partial charge is 0.506 e. The van der Waals surface area contributed by atoms with Gasteiger partial charge in [-0.05, 0) is 48.5 Å². The van der Waals surface area contributed by atoms with Crippen LogP contribution in [0.5, 0.6) is 17.2 Å². The molecule has 0 unspecified atom stereocenters. The maximum absolute atomic E-state index is 12.3. The highest BCUT2D eigenvalue weighted by atomic mass is 35.5. The number of likely N-dealkylation sites (N-methyl/N-ethyl adjacent to an activating group) is 1. The van der Waals surface area contributed by atoms with Crippen LogP contribution in [-0.2, 0) is 6.54 Å². The Morgan fingerprint density at radius 3 is 2.57 bits per heavy atom. The molecule has 3 aromatic carbocycles. The molecule has 0 spiro atoms. The molecule has 0 radical (unpaired) electrons. The predicted molar refractivity (Wildman–Crippen MR) is 140 cm³/mol. The number of nitrogens with one attached hydrogen (secondary N) is 1. The summed E-state index contributed by atoms with van der Waals surface area (Å²) in [6, 6.07) is 18.1. The molecule has 7 nitrogen and oxygen atoms in total. The second-order valence-electron chi connectivity index (χ2n) is 7.80. The quantitative estimate of drug-likeness (QED) is 0.308. The lowest BCUT2D eigenvalue weighted by molar-refractivity contribution is 0.0955. The van der Waals surface area contributed by atoms with Crippen LogP contribution in [0.25, 0.3) is 6.08 Å². The molecular formula is C27H28ClN3O4. The van der Waals surface area contributed by atoms with Gasteiger partial charge in [-0.1, -0.05) is 54.1 Å². The van der Waals surface area contributed by atoms with E-state index in [2.05, 4.69) is 40.7 Å². The fraction of sp³-hybridized carbons (Fsp3) is 0.185. The first-order chi connectivity index (χ1) is 16.9. The van der Waals surface area contributed by atoms with Crippen LogP contribution < -0.4 is 14.9 Å². The van der Waals surface area contributed by atoms with E-state index in [1.54, 1.807) is 20.3 Å². The predicted octanol–water partition coefficient (Wildman–Crippen LogP) is 4.97. The summed E-state index contributed by atoms with van der Waals surface area (Å²) in [5, 5.41) is 13.6. The van der Waals surface area contributed by atoms with Crippen molar-refractivity contribution >= 4 is 29.8 Å². The van der Waals surface area contributed by atoms with E-state index in [1.165, 1.54) is 30.0 Å². The number of phenolic OH excluding ortho intramolecular Hbond substituents is 1. The van der Waals surface area contributed by atoms with Crippen molar-refractivity contribution in [2.75, 3.05) is 27.8 Å². The van der Waals surface area contributed by atoms with Crippen LogP contribution in [-0.4, -0.2) is 49.9 Å². The Morgan fingerprint density at radius 1 is 1.11 bits per heavy atom. The molecule has 0 saturated carbocycles. The standard InChI is InChI=1S/C27H28ClN3O4/c1-31(18-19-8-5-4-6-9-19)13-7-10-21-14-20(15-25(34-2)26(21)35-3)17-29-30-27(33)22-11-12-24(32)23(28)16-22/h4-12,14-17,32H,13,18H2,1-3H3,(H,30,33). The average molecular weight is 494 g/mol. The lowest BCUT2D eigenvalue weighted by Crippen LogP contribution is -2.17. The molecule has 0 aromatic heterocycles. The van der Waals surface area contributed by atoms with E-state index in [0.717, 1.165) is 18.7 Å². The number of hydrogen-bond donors (Lipinski definition) is 2. The normalized spacial score (nSPS) is 11.3. The Morgan fingerprint density at radius 2 is 1.89 bits per heavy atom. The molecule has 0 bridgehead atoms. The lowest BCUT2D eigenvalue weighted by Gasteiger charge is -2.15. The molecule has 182 valence electrons. The zero-order valence-electron chi connectivity index (χ0n) is 19.9. The van der Waals surface area contributed by atoms with Crippen molar-refractivity contribution < 1.29 is 19.4 Å². The van der Waals surface area contributed by atoms with Crippen LogP contribution in [0.3, 0.4) is 0 Å². The monoisotopic (exact) mass is 493 g/mol. The number of methoxy groups -OCH3 is 2. The van der Waals surface area contributed by atoms with Crippen LogP contribution in [0, 0.1) is 0 Å². The number of carbonyl (C=O) groups is 1. The molecule has 0 aliphatic carbocycles. The molecule has 0 aliphatic heterocycles. The summed E-state index contributed by atoms with van der Waals surface area (Å²) < 4.78 is 11.0. The molecule has 0 fully saturated rings. The maximum atomic E-state index is 12.3. The van der Waals surface area contributed by atoms with E-state index in [4.69, 9.17) is 21.1 Å². The van der Waals surface area contributed by atoms with Crippen LogP contribution in [0.2, 0.25) is 5.02 Å². The Hall–Kier alpha value is -3.81. The van der Waals surface area contributed by atoms with Crippen molar-refractivity contribution in [3.05, 3.63) is 94.0 Å². The molecule has 3 rings (SSSR count). The number of halogens is 1. The Kier molecular flexibility index (Phi) is 9.29. The number of rotatable bonds is 10. The zero-order chi connectivity index (χ0) is 25.2. The van der Waals surface area contributed by atoms with Crippen LogP contribution in [0.15, 0.2) is 71.8 Å². The summed E-state index contributed by atoms with van der Waals surface area (Å²) in [4.78, 5) is 14.5. The first-order valence-corrected chi connectivity index (χ1v) is 11.3. The third kappa shape index (κ3) is 7.34. The van der Waals surface area contributed by atoms with Crippen LogP contribution >= 0.6 is 11.6 Å². The Balaban J connectivity index is 1.71. The molecular weight excluding hydrogens is 466 g/mol. The highest BCUT2D eigenvalue weighted by Gasteiger charge is 2.11. The van der Waals surface area contributed by atoms with Gasteiger partial charge in [-0.25, -0.2) is 5.43 Å². The van der Waals surface area contributed by atoms with Gasteiger partial charge in [0.2, 0.25) is 0 Å². The van der Waals surface area contributed by atoms with Crippen molar-refractivity contribution in [3.8, 4) is 17.2 Å². The van der Waals surface area contributed by atoms with Gasteiger partial charge in [0.25, 0.3) is 5.91 Å². The van der Waals surface area contributed by atoms with Gasteiger partial charge in [0.15, 0.2) is 11.5 Å². The van der Waals surface area contributed by atoms with Gasteiger partial charge < -0.3 is 14.6 Å². The van der Waals surface area contributed by atoms with Gasteiger partial charge in [-0.2, -0.15) is 5.10 Å². The number of phenols is 1. The van der Waals surface area contributed by atoms with E-state index < -0.39 is 5.91 Å². The smallest absolute Gasteiger partial charge is 0.271 e. The number of hydrazone groups is 1. The topological polar surface area (TPSA) is 83.4 Å². The summed E-state index contributed by atoms with van der Waals surface area (Å²) in [5.74, 6) is 0.605. The van der Waals surface area contributed by atoms with Crippen molar-refractivity contribution in [2.45, 2.75) is 6.54 Å². The number of aromatic hydroxyl groups is 1. The van der Waals surface area contributed by atoms with E-state index in [9.17, 15) is 9.90 Å². The molecule has 3 aromatic rings. The molecule has 0 aliphatic rings. The summed E-state index contributed by atoms with van der Waals surface area (Å²) in [6.07, 6.45) is 5.54. The zero-order valence-corrected chi connectivity index (χ0v) is 20.6. The van der Waals surface area contributed by atoms with Gasteiger partial charge in [0.1, 0.15) is 5.75 Å². The number of hydrogen-bond acceptors (Lipinski definition) is 6. The third-order valence-electron chi connectivity index (χ3n) is 5.13. The van der Waals surface area contributed by atoms with Crippen molar-refractivity contribution in [1.29, 1.82) is 0 Å². The van der Waals surface area contributed by atoms with Gasteiger partial charge in [0, 0.05) is 24.2 Å². The van der Waals surface area contributed by atoms with E-state index in [0.29, 0.717) is 17.1 Å². The summed E-state index contributed by atoms with van der Waals surface area (Å²) in [5.41, 5.74) is 5.51. The van der Waals surface area contributed by atoms with Gasteiger partial charge in [0.05, 0.1) is 25.5 Å². The van der Waals surface area contributed by atoms with Gasteiger partial charge >= 0.3 is 0 Å². The maximum Gasteiger partial charge on any atom is 0.271 e. The minimum Gasteiger partial charge on any atom is -0.506 e. The minimum atomic E-state index is -0.454. The van der Waals surface area contributed by atoms with E-state index in [1.807, 2.05) is 30.3 Å². The summed E-state index contributed by atoms with van der Waals surface area (Å²) in [7, 11) is 5.21. The van der Waals surface area contributed by atoms with E-state index >= 15 is 0 Å². The van der Waals surface area contributed by atoms with Crippen molar-refractivity contribution in [3.63, 3.8) is 0 Å². The molecule has 0 heterocycles. The minimum absolute atomic E-state index is 0.0902. The van der Waals surface area contributed by atoms with Crippen molar-refractivity contribution in [2.24, 2.45) is 5.10 Å². The molecule has 2 N–H and O–H groups in total. The fourth-order valence-corrected chi connectivity index (χ4v) is 3.59. The number of nitrogens with zero attached hydrogens (tertiary/aromatic N) is 2. The molecule has 8 heteroatoms. The second-order valence-corrected chi connectivity index (χ2v) is 8.20. The molecule has 35 heavy (non-hydrogen) atoms.